The second-order valence-electron chi connectivity index (χ2n) is 4.55. The SMILES string of the molecule is C=C(C/C=C/C(=O)OCCCC)[C@@H](C)[C@@H](O)CC. The van der Waals surface area contributed by atoms with E-state index in [0.717, 1.165) is 18.4 Å². The molecule has 3 heteroatoms. The van der Waals surface area contributed by atoms with Crippen molar-refractivity contribution in [2.24, 2.45) is 5.92 Å². The highest BCUT2D eigenvalue weighted by molar-refractivity contribution is 5.81. The van der Waals surface area contributed by atoms with Crippen LogP contribution in [0.5, 0.6) is 0 Å². The third-order valence-corrected chi connectivity index (χ3v) is 3.02. The van der Waals surface area contributed by atoms with E-state index in [1.165, 1.54) is 6.08 Å². The number of aliphatic hydroxyl groups excluding tert-OH is 1. The number of aliphatic hydroxyl groups is 1. The van der Waals surface area contributed by atoms with Gasteiger partial charge in [-0.05, 0) is 19.3 Å². The summed E-state index contributed by atoms with van der Waals surface area (Å²) >= 11 is 0. The van der Waals surface area contributed by atoms with Crippen molar-refractivity contribution in [3.63, 3.8) is 0 Å². The largest absolute Gasteiger partial charge is 0.463 e. The summed E-state index contributed by atoms with van der Waals surface area (Å²) in [4.78, 5) is 11.3. The van der Waals surface area contributed by atoms with Gasteiger partial charge in [0.15, 0.2) is 0 Å². The number of rotatable bonds is 9. The van der Waals surface area contributed by atoms with Crippen LogP contribution in [0.15, 0.2) is 24.3 Å². The molecule has 0 bridgehead atoms. The number of hydrogen-bond acceptors (Lipinski definition) is 3. The molecule has 2 atom stereocenters. The number of ether oxygens (including phenoxy) is 1. The van der Waals surface area contributed by atoms with Gasteiger partial charge >= 0.3 is 5.97 Å². The number of carbonyl (C=O) groups excluding carboxylic acids is 1. The molecule has 0 amide bonds. The van der Waals surface area contributed by atoms with Crippen molar-refractivity contribution in [3.8, 4) is 0 Å². The summed E-state index contributed by atoms with van der Waals surface area (Å²) in [6.07, 6.45) is 6.04. The van der Waals surface area contributed by atoms with E-state index in [-0.39, 0.29) is 18.0 Å². The van der Waals surface area contributed by atoms with E-state index in [4.69, 9.17) is 4.74 Å². The molecule has 0 aromatic carbocycles. The van der Waals surface area contributed by atoms with Gasteiger partial charge in [-0.3, -0.25) is 0 Å². The summed E-state index contributed by atoms with van der Waals surface area (Å²) in [7, 11) is 0. The van der Waals surface area contributed by atoms with Crippen molar-refractivity contribution in [2.75, 3.05) is 6.61 Å². The number of unbranched alkanes of at least 4 members (excludes halogenated alkanes) is 1. The second kappa shape index (κ2) is 9.89. The number of esters is 1. The minimum Gasteiger partial charge on any atom is -0.463 e. The van der Waals surface area contributed by atoms with Gasteiger partial charge in [0.05, 0.1) is 12.7 Å². The minimum atomic E-state index is -0.359. The normalized spacial score (nSPS) is 14.4. The molecule has 104 valence electrons. The summed E-state index contributed by atoms with van der Waals surface area (Å²) in [5.74, 6) is -0.254. The Kier molecular flexibility index (Phi) is 9.29. The zero-order chi connectivity index (χ0) is 14.0. The Morgan fingerprint density at radius 3 is 2.67 bits per heavy atom. The summed E-state index contributed by atoms with van der Waals surface area (Å²) in [6.45, 7) is 10.3. The van der Waals surface area contributed by atoms with Crippen molar-refractivity contribution >= 4 is 5.97 Å². The number of allylic oxidation sites excluding steroid dienone is 1. The summed E-state index contributed by atoms with van der Waals surface area (Å²) < 4.78 is 4.99. The van der Waals surface area contributed by atoms with Crippen molar-refractivity contribution in [2.45, 2.75) is 52.6 Å². The fraction of sp³-hybridized carbons (Fsp3) is 0.667. The fourth-order valence-corrected chi connectivity index (χ4v) is 1.48. The van der Waals surface area contributed by atoms with E-state index < -0.39 is 0 Å². The van der Waals surface area contributed by atoms with Gasteiger partial charge in [0.2, 0.25) is 0 Å². The van der Waals surface area contributed by atoms with Gasteiger partial charge < -0.3 is 9.84 Å². The van der Waals surface area contributed by atoms with E-state index in [1.807, 2.05) is 20.8 Å². The van der Waals surface area contributed by atoms with Crippen LogP contribution >= 0.6 is 0 Å². The summed E-state index contributed by atoms with van der Waals surface area (Å²) in [5, 5.41) is 9.67. The van der Waals surface area contributed by atoms with Crippen molar-refractivity contribution < 1.29 is 14.6 Å². The van der Waals surface area contributed by atoms with E-state index in [1.54, 1.807) is 6.08 Å². The molecule has 3 nitrogen and oxygen atoms in total. The van der Waals surface area contributed by atoms with Gasteiger partial charge in [0.25, 0.3) is 0 Å². The molecule has 0 aromatic rings. The second-order valence-corrected chi connectivity index (χ2v) is 4.55. The molecule has 0 aliphatic heterocycles. The first kappa shape index (κ1) is 16.9. The Balaban J connectivity index is 3.93. The quantitative estimate of drug-likeness (QED) is 0.297. The van der Waals surface area contributed by atoms with Gasteiger partial charge in [-0.15, -0.1) is 0 Å². The average molecular weight is 254 g/mol. The van der Waals surface area contributed by atoms with Crippen molar-refractivity contribution in [1.82, 2.24) is 0 Å². The number of carbonyl (C=O) groups is 1. The smallest absolute Gasteiger partial charge is 0.330 e. The molecule has 0 heterocycles. The molecule has 0 rings (SSSR count). The van der Waals surface area contributed by atoms with E-state index >= 15 is 0 Å². The van der Waals surface area contributed by atoms with E-state index in [2.05, 4.69) is 6.58 Å². The van der Waals surface area contributed by atoms with Crippen LogP contribution in [-0.2, 0) is 9.53 Å². The molecule has 0 fully saturated rings. The first-order valence-corrected chi connectivity index (χ1v) is 6.71. The molecular weight excluding hydrogens is 228 g/mol. The molecule has 0 aromatic heterocycles. The first-order chi connectivity index (χ1) is 8.52. The van der Waals surface area contributed by atoms with Gasteiger partial charge in [0.1, 0.15) is 0 Å². The van der Waals surface area contributed by atoms with Crippen LogP contribution in [0.4, 0.5) is 0 Å². The van der Waals surface area contributed by atoms with Crippen molar-refractivity contribution in [1.29, 1.82) is 0 Å². The predicted octanol–water partition coefficient (Wildman–Crippen LogP) is 3.24. The minimum absolute atomic E-state index is 0.0516. The summed E-state index contributed by atoms with van der Waals surface area (Å²) in [5.41, 5.74) is 0.932. The Morgan fingerprint density at radius 1 is 1.44 bits per heavy atom. The Hall–Kier alpha value is -1.09. The van der Waals surface area contributed by atoms with Crippen LogP contribution in [0.25, 0.3) is 0 Å². The standard InChI is InChI=1S/C15H26O3/c1-5-7-11-18-15(17)10-8-9-12(3)13(4)14(16)6-2/h8,10,13-14,16H,3,5-7,9,11H2,1-2,4H3/b10-8+/t13-,14+/m1/s1. The molecule has 0 aliphatic carbocycles. The lowest BCUT2D eigenvalue weighted by molar-refractivity contribution is -0.137. The molecule has 0 spiro atoms. The van der Waals surface area contributed by atoms with Crippen LogP contribution < -0.4 is 0 Å². The predicted molar refractivity (Wildman–Crippen MR) is 74.2 cm³/mol. The van der Waals surface area contributed by atoms with Gasteiger partial charge in [-0.25, -0.2) is 4.79 Å². The van der Waals surface area contributed by atoms with E-state index in [0.29, 0.717) is 19.4 Å². The average Bonchev–Trinajstić information content (AvgIpc) is 2.37. The first-order valence-electron chi connectivity index (χ1n) is 6.71. The molecule has 0 aliphatic rings. The number of hydrogen-bond donors (Lipinski definition) is 1. The van der Waals surface area contributed by atoms with Gasteiger partial charge in [-0.1, -0.05) is 45.4 Å². The zero-order valence-corrected chi connectivity index (χ0v) is 11.8. The lowest BCUT2D eigenvalue weighted by atomic mass is 9.92. The molecular formula is C15H26O3. The maximum absolute atomic E-state index is 11.3. The third-order valence-electron chi connectivity index (χ3n) is 3.02. The Bertz CT molecular complexity index is 281. The highest BCUT2D eigenvalue weighted by Gasteiger charge is 2.14. The molecule has 0 radical (unpaired) electrons. The van der Waals surface area contributed by atoms with Gasteiger partial charge in [0, 0.05) is 12.0 Å². The molecule has 1 N–H and O–H groups in total. The van der Waals surface area contributed by atoms with Crippen LogP contribution in [0.1, 0.15) is 46.5 Å². The Morgan fingerprint density at radius 2 is 2.11 bits per heavy atom. The zero-order valence-electron chi connectivity index (χ0n) is 11.8. The molecule has 0 unspecified atom stereocenters. The van der Waals surface area contributed by atoms with Crippen LogP contribution in [0.3, 0.4) is 0 Å². The molecule has 18 heavy (non-hydrogen) atoms. The highest BCUT2D eigenvalue weighted by atomic mass is 16.5. The van der Waals surface area contributed by atoms with Crippen LogP contribution in [0.2, 0.25) is 0 Å². The summed E-state index contributed by atoms with van der Waals surface area (Å²) in [6, 6.07) is 0. The fourth-order valence-electron chi connectivity index (χ4n) is 1.48. The maximum Gasteiger partial charge on any atom is 0.330 e. The Labute approximate surface area is 111 Å². The lowest BCUT2D eigenvalue weighted by Crippen LogP contribution is -2.17. The van der Waals surface area contributed by atoms with Crippen molar-refractivity contribution in [3.05, 3.63) is 24.3 Å². The van der Waals surface area contributed by atoms with E-state index in [9.17, 15) is 9.90 Å². The molecule has 0 saturated carbocycles. The van der Waals surface area contributed by atoms with Gasteiger partial charge in [-0.2, -0.15) is 0 Å². The molecule has 0 saturated heterocycles. The maximum atomic E-state index is 11.3. The lowest BCUT2D eigenvalue weighted by Gasteiger charge is -2.18. The van der Waals surface area contributed by atoms with Crippen LogP contribution in [0, 0.1) is 5.92 Å². The topological polar surface area (TPSA) is 46.5 Å². The van der Waals surface area contributed by atoms with Crippen LogP contribution in [-0.4, -0.2) is 23.8 Å². The highest BCUT2D eigenvalue weighted by Crippen LogP contribution is 2.18. The third kappa shape index (κ3) is 7.28. The monoisotopic (exact) mass is 254 g/mol.